The van der Waals surface area contributed by atoms with Gasteiger partial charge in [0.1, 0.15) is 0 Å². The van der Waals surface area contributed by atoms with E-state index in [1.54, 1.807) is 6.20 Å². The van der Waals surface area contributed by atoms with E-state index in [2.05, 4.69) is 18.9 Å². The number of hydrogen-bond acceptors (Lipinski definition) is 4. The maximum atomic E-state index is 13.7. The molecular formula is C26H31N5O2. The number of pyridine rings is 1. The average molecular weight is 446 g/mol. The lowest BCUT2D eigenvalue weighted by molar-refractivity contribution is -0.135. The van der Waals surface area contributed by atoms with Gasteiger partial charge >= 0.3 is 0 Å². The largest absolute Gasteiger partial charge is 0.342 e. The van der Waals surface area contributed by atoms with Gasteiger partial charge in [-0.15, -0.1) is 0 Å². The number of aromatic nitrogens is 3. The number of piperidine rings is 1. The van der Waals surface area contributed by atoms with Crippen molar-refractivity contribution in [3.8, 4) is 11.3 Å². The predicted octanol–water partition coefficient (Wildman–Crippen LogP) is 4.15. The van der Waals surface area contributed by atoms with Gasteiger partial charge in [-0.3, -0.25) is 9.59 Å². The Labute approximate surface area is 194 Å². The molecule has 7 heteroatoms. The minimum Gasteiger partial charge on any atom is -0.342 e. The third-order valence-electron chi connectivity index (χ3n) is 6.90. The Morgan fingerprint density at radius 1 is 0.970 bits per heavy atom. The summed E-state index contributed by atoms with van der Waals surface area (Å²) in [4.78, 5) is 35.2. The number of likely N-dealkylation sites (tertiary alicyclic amines) is 2. The number of hydrogen-bond donors (Lipinski definition) is 0. The zero-order chi connectivity index (χ0) is 22.9. The molecule has 2 saturated heterocycles. The molecule has 0 atom stereocenters. The van der Waals surface area contributed by atoms with E-state index in [4.69, 9.17) is 4.98 Å². The van der Waals surface area contributed by atoms with E-state index in [-0.39, 0.29) is 23.8 Å². The van der Waals surface area contributed by atoms with Gasteiger partial charge in [0.15, 0.2) is 5.65 Å². The van der Waals surface area contributed by atoms with E-state index in [1.165, 1.54) is 0 Å². The molecule has 0 radical (unpaired) electrons. The maximum absolute atomic E-state index is 13.7. The van der Waals surface area contributed by atoms with Gasteiger partial charge in [-0.2, -0.15) is 5.10 Å². The Hall–Kier alpha value is -3.22. The summed E-state index contributed by atoms with van der Waals surface area (Å²) < 4.78 is 1.87. The van der Waals surface area contributed by atoms with Crippen molar-refractivity contribution in [3.05, 3.63) is 48.2 Å². The molecule has 2 aromatic heterocycles. The SMILES string of the molecule is CC(C)n1ncc2c(C(=O)N3CCC(C(=O)N4CCCC4)CC3)cc(-c3ccccc3)nc21. The van der Waals surface area contributed by atoms with Gasteiger partial charge in [0.05, 0.1) is 22.8 Å². The number of amides is 2. The van der Waals surface area contributed by atoms with Crippen molar-refractivity contribution < 1.29 is 9.59 Å². The first kappa shape index (κ1) is 21.6. The first-order chi connectivity index (χ1) is 16.0. The Morgan fingerprint density at radius 3 is 2.33 bits per heavy atom. The molecule has 1 aromatic carbocycles. The molecule has 0 N–H and O–H groups in total. The van der Waals surface area contributed by atoms with Crippen LogP contribution in [0.4, 0.5) is 0 Å². The molecule has 0 bridgehead atoms. The Bertz CT molecular complexity index is 1160. The van der Waals surface area contributed by atoms with E-state index >= 15 is 0 Å². The van der Waals surface area contributed by atoms with Crippen molar-refractivity contribution in [2.75, 3.05) is 26.2 Å². The molecule has 2 aliphatic rings. The monoisotopic (exact) mass is 445 g/mol. The summed E-state index contributed by atoms with van der Waals surface area (Å²) in [5, 5.41) is 5.31. The summed E-state index contributed by atoms with van der Waals surface area (Å²) >= 11 is 0. The molecule has 172 valence electrons. The molecule has 0 aliphatic carbocycles. The quantitative estimate of drug-likeness (QED) is 0.605. The van der Waals surface area contributed by atoms with Gasteiger partial charge in [0, 0.05) is 43.7 Å². The van der Waals surface area contributed by atoms with E-state index in [0.717, 1.165) is 61.1 Å². The van der Waals surface area contributed by atoms with E-state index in [0.29, 0.717) is 18.7 Å². The lowest BCUT2D eigenvalue weighted by atomic mass is 9.94. The summed E-state index contributed by atoms with van der Waals surface area (Å²) in [5.74, 6) is 0.304. The standard InChI is InChI=1S/C26H31N5O2/c1-18(2)31-24-22(17-27-31)21(16-23(28-24)19-8-4-3-5-9-19)26(33)30-14-10-20(11-15-30)25(32)29-12-6-7-13-29/h3-5,8-9,16-18,20H,6-7,10-15H2,1-2H3. The molecule has 2 aliphatic heterocycles. The highest BCUT2D eigenvalue weighted by Gasteiger charge is 2.32. The molecule has 2 amide bonds. The second-order valence-corrected chi connectivity index (χ2v) is 9.44. The third kappa shape index (κ3) is 4.12. The van der Waals surface area contributed by atoms with Gasteiger partial charge in [0.2, 0.25) is 5.91 Å². The van der Waals surface area contributed by atoms with Crippen LogP contribution < -0.4 is 0 Å². The van der Waals surface area contributed by atoms with Crippen molar-refractivity contribution in [1.29, 1.82) is 0 Å². The molecule has 2 fully saturated rings. The maximum Gasteiger partial charge on any atom is 0.254 e. The van der Waals surface area contributed by atoms with Crippen LogP contribution in [-0.2, 0) is 4.79 Å². The van der Waals surface area contributed by atoms with E-state index < -0.39 is 0 Å². The van der Waals surface area contributed by atoms with Crippen LogP contribution in [0.15, 0.2) is 42.6 Å². The van der Waals surface area contributed by atoms with Gasteiger partial charge in [-0.05, 0) is 45.6 Å². The summed E-state index contributed by atoms with van der Waals surface area (Å²) in [7, 11) is 0. The second-order valence-electron chi connectivity index (χ2n) is 9.44. The van der Waals surface area contributed by atoms with Crippen molar-refractivity contribution in [2.24, 2.45) is 5.92 Å². The van der Waals surface area contributed by atoms with Crippen LogP contribution in [0.5, 0.6) is 0 Å². The number of rotatable bonds is 4. The number of benzene rings is 1. The number of carbonyl (C=O) groups is 2. The van der Waals surface area contributed by atoms with Crippen molar-refractivity contribution in [2.45, 2.75) is 45.6 Å². The molecule has 0 saturated carbocycles. The minimum atomic E-state index is -0.00467. The summed E-state index contributed by atoms with van der Waals surface area (Å²) in [6, 6.07) is 12.0. The minimum absolute atomic E-state index is 0.00467. The molecule has 0 unspecified atom stereocenters. The van der Waals surface area contributed by atoms with Gasteiger partial charge in [-0.25, -0.2) is 9.67 Å². The second kappa shape index (κ2) is 8.96. The molecule has 4 heterocycles. The molecule has 33 heavy (non-hydrogen) atoms. The lowest BCUT2D eigenvalue weighted by Crippen LogP contribution is -2.43. The topological polar surface area (TPSA) is 71.3 Å². The van der Waals surface area contributed by atoms with Gasteiger partial charge in [0.25, 0.3) is 5.91 Å². The fourth-order valence-electron chi connectivity index (χ4n) is 5.03. The number of fused-ring (bicyclic) bond motifs is 1. The van der Waals surface area contributed by atoms with E-state index in [9.17, 15) is 9.59 Å². The summed E-state index contributed by atoms with van der Waals surface area (Å²) in [6.45, 7) is 7.10. The first-order valence-electron chi connectivity index (χ1n) is 12.0. The van der Waals surface area contributed by atoms with Gasteiger partial charge < -0.3 is 9.80 Å². The van der Waals surface area contributed by atoms with Crippen LogP contribution in [0.3, 0.4) is 0 Å². The Balaban J connectivity index is 1.43. The highest BCUT2D eigenvalue weighted by atomic mass is 16.2. The van der Waals surface area contributed by atoms with E-state index in [1.807, 2.05) is 50.9 Å². The Kier molecular flexibility index (Phi) is 5.87. The van der Waals surface area contributed by atoms with Crippen LogP contribution in [-0.4, -0.2) is 62.6 Å². The Morgan fingerprint density at radius 2 is 1.67 bits per heavy atom. The van der Waals surface area contributed by atoms with Crippen LogP contribution in [0.25, 0.3) is 22.3 Å². The average Bonchev–Trinajstić information content (AvgIpc) is 3.53. The van der Waals surface area contributed by atoms with Crippen molar-refractivity contribution in [1.82, 2.24) is 24.6 Å². The smallest absolute Gasteiger partial charge is 0.254 e. The number of nitrogens with zero attached hydrogens (tertiary/aromatic N) is 5. The molecule has 0 spiro atoms. The fourth-order valence-corrected chi connectivity index (χ4v) is 5.03. The normalized spacial score (nSPS) is 17.3. The highest BCUT2D eigenvalue weighted by Crippen LogP contribution is 2.29. The zero-order valence-electron chi connectivity index (χ0n) is 19.4. The zero-order valence-corrected chi connectivity index (χ0v) is 19.4. The summed E-state index contributed by atoms with van der Waals surface area (Å²) in [6.07, 6.45) is 5.43. The third-order valence-corrected chi connectivity index (χ3v) is 6.90. The lowest BCUT2D eigenvalue weighted by Gasteiger charge is -2.33. The van der Waals surface area contributed by atoms with Crippen LogP contribution in [0.2, 0.25) is 0 Å². The molecular weight excluding hydrogens is 414 g/mol. The van der Waals surface area contributed by atoms with Gasteiger partial charge in [-0.1, -0.05) is 30.3 Å². The van der Waals surface area contributed by atoms with Crippen molar-refractivity contribution >= 4 is 22.8 Å². The highest BCUT2D eigenvalue weighted by molar-refractivity contribution is 6.06. The first-order valence-corrected chi connectivity index (χ1v) is 12.0. The predicted molar refractivity (Wildman–Crippen MR) is 128 cm³/mol. The van der Waals surface area contributed by atoms with Crippen molar-refractivity contribution in [3.63, 3.8) is 0 Å². The molecule has 7 nitrogen and oxygen atoms in total. The summed E-state index contributed by atoms with van der Waals surface area (Å²) in [5.41, 5.74) is 3.11. The fraction of sp³-hybridized carbons (Fsp3) is 0.462. The van der Waals surface area contributed by atoms with Crippen LogP contribution in [0, 0.1) is 5.92 Å². The number of carbonyl (C=O) groups excluding carboxylic acids is 2. The molecule has 5 rings (SSSR count). The van der Waals surface area contributed by atoms with Crippen LogP contribution >= 0.6 is 0 Å². The molecule has 3 aromatic rings. The van der Waals surface area contributed by atoms with Crippen LogP contribution in [0.1, 0.15) is 55.9 Å².